The molecule has 3 aromatic carbocycles. The lowest BCUT2D eigenvalue weighted by atomic mass is 9.73. The van der Waals surface area contributed by atoms with E-state index in [0.717, 1.165) is 12.1 Å². The third-order valence-corrected chi connectivity index (χ3v) is 7.15. The van der Waals surface area contributed by atoms with Gasteiger partial charge in [-0.25, -0.2) is 0 Å². The predicted octanol–water partition coefficient (Wildman–Crippen LogP) is 1.25. The standard InChI is InChI=1S/C27H21NO12/c1-6-3-9-14(21(33)12(6)26(38)28-7(2)27(39)40)15-16(25(37)20(9)32)24(36)18-17(23(15)35)19(31)10-4-8(29)5-11(30)13(10)22(18)34/h3-5,7,20,25,29-30,32-33,35-37H,1-2H3,(H,28,38)(H,39,40)/t7-,20?,25?/m1/s1. The number of hydrogen-bond donors (Lipinski definition) is 9. The zero-order valence-corrected chi connectivity index (χ0v) is 20.7. The van der Waals surface area contributed by atoms with E-state index in [1.807, 2.05) is 0 Å². The highest BCUT2D eigenvalue weighted by Gasteiger charge is 2.45. The Kier molecular flexibility index (Phi) is 5.75. The molecule has 2 aliphatic carbocycles. The Morgan fingerprint density at radius 3 is 2.05 bits per heavy atom. The van der Waals surface area contributed by atoms with Gasteiger partial charge in [0.1, 0.15) is 47.0 Å². The topological polar surface area (TPSA) is 242 Å². The summed E-state index contributed by atoms with van der Waals surface area (Å²) < 4.78 is 0. The molecule has 1 amide bonds. The highest BCUT2D eigenvalue weighted by molar-refractivity contribution is 6.32. The molecule has 0 bridgehead atoms. The van der Waals surface area contributed by atoms with Gasteiger partial charge in [-0.2, -0.15) is 0 Å². The summed E-state index contributed by atoms with van der Waals surface area (Å²) in [5.41, 5.74) is -4.97. The van der Waals surface area contributed by atoms with Crippen LogP contribution in [0.15, 0.2) is 18.2 Å². The molecule has 0 spiro atoms. The molecule has 13 heteroatoms. The van der Waals surface area contributed by atoms with E-state index in [2.05, 4.69) is 5.32 Å². The summed E-state index contributed by atoms with van der Waals surface area (Å²) in [7, 11) is 0. The molecule has 13 nitrogen and oxygen atoms in total. The minimum Gasteiger partial charge on any atom is -0.508 e. The Morgan fingerprint density at radius 1 is 0.800 bits per heavy atom. The Hall–Kier alpha value is -5.14. The first-order chi connectivity index (χ1) is 18.7. The van der Waals surface area contributed by atoms with Crippen LogP contribution in [0.3, 0.4) is 0 Å². The Morgan fingerprint density at radius 2 is 1.43 bits per heavy atom. The van der Waals surface area contributed by atoms with Crippen LogP contribution in [0.4, 0.5) is 0 Å². The van der Waals surface area contributed by atoms with Crippen molar-refractivity contribution in [1.29, 1.82) is 0 Å². The number of carboxylic acid groups (broad SMARTS) is 1. The zero-order valence-electron chi connectivity index (χ0n) is 20.7. The number of aromatic hydroxyl groups is 5. The summed E-state index contributed by atoms with van der Waals surface area (Å²) in [5.74, 6) is -8.95. The number of amides is 1. The first kappa shape index (κ1) is 26.5. The Labute approximate surface area is 223 Å². The molecule has 2 unspecified atom stereocenters. The molecule has 206 valence electrons. The normalized spacial score (nSPS) is 17.8. The van der Waals surface area contributed by atoms with E-state index in [-0.39, 0.29) is 11.1 Å². The summed E-state index contributed by atoms with van der Waals surface area (Å²) in [6, 6.07) is 1.48. The quantitative estimate of drug-likeness (QED) is 0.163. The molecule has 0 aliphatic heterocycles. The lowest BCUT2D eigenvalue weighted by molar-refractivity contribution is -0.138. The third kappa shape index (κ3) is 3.41. The number of carbonyl (C=O) groups is 4. The average Bonchev–Trinajstić information content (AvgIpc) is 2.86. The first-order valence-electron chi connectivity index (χ1n) is 11.7. The van der Waals surface area contributed by atoms with Crippen molar-refractivity contribution in [3.05, 3.63) is 62.7 Å². The van der Waals surface area contributed by atoms with Crippen LogP contribution in [-0.2, 0) is 4.79 Å². The van der Waals surface area contributed by atoms with Crippen molar-refractivity contribution in [2.24, 2.45) is 0 Å². The van der Waals surface area contributed by atoms with Gasteiger partial charge in [-0.05, 0) is 31.0 Å². The molecule has 0 saturated carbocycles. The van der Waals surface area contributed by atoms with E-state index in [1.54, 1.807) is 0 Å². The van der Waals surface area contributed by atoms with Gasteiger partial charge in [-0.15, -0.1) is 0 Å². The molecule has 40 heavy (non-hydrogen) atoms. The van der Waals surface area contributed by atoms with Gasteiger partial charge in [-0.3, -0.25) is 19.2 Å². The van der Waals surface area contributed by atoms with Crippen molar-refractivity contribution in [3.63, 3.8) is 0 Å². The maximum absolute atomic E-state index is 13.4. The van der Waals surface area contributed by atoms with E-state index in [4.69, 9.17) is 5.11 Å². The molecular weight excluding hydrogens is 530 g/mol. The SMILES string of the molecule is Cc1cc2c(c(O)c1C(=O)N[C@H](C)C(=O)O)-c1c(O)c3c(c(O)c1C(O)C2O)C(=O)c1c(O)cc(O)cc1C3=O. The highest BCUT2D eigenvalue weighted by atomic mass is 16.4. The van der Waals surface area contributed by atoms with Crippen molar-refractivity contribution < 1.29 is 60.0 Å². The van der Waals surface area contributed by atoms with Crippen LogP contribution in [-0.4, -0.2) is 70.3 Å². The van der Waals surface area contributed by atoms with Crippen LogP contribution in [0.25, 0.3) is 11.1 Å². The fourth-order valence-electron chi connectivity index (χ4n) is 5.28. The van der Waals surface area contributed by atoms with Crippen LogP contribution < -0.4 is 5.32 Å². The van der Waals surface area contributed by atoms with E-state index in [1.165, 1.54) is 19.9 Å². The summed E-state index contributed by atoms with van der Waals surface area (Å²) >= 11 is 0. The number of aryl methyl sites for hydroxylation is 1. The van der Waals surface area contributed by atoms with Crippen molar-refractivity contribution in [2.45, 2.75) is 32.1 Å². The fraction of sp³-hybridized carbons (Fsp3) is 0.185. The van der Waals surface area contributed by atoms with Gasteiger partial charge in [-0.1, -0.05) is 6.07 Å². The molecular formula is C27H21NO12. The molecule has 0 radical (unpaired) electrons. The molecule has 5 rings (SSSR count). The van der Waals surface area contributed by atoms with E-state index in [9.17, 15) is 54.9 Å². The predicted molar refractivity (Wildman–Crippen MR) is 133 cm³/mol. The minimum atomic E-state index is -2.00. The van der Waals surface area contributed by atoms with Gasteiger partial charge in [0.2, 0.25) is 5.78 Å². The van der Waals surface area contributed by atoms with Gasteiger partial charge in [0, 0.05) is 28.3 Å². The molecule has 0 fully saturated rings. The smallest absolute Gasteiger partial charge is 0.325 e. The summed E-state index contributed by atoms with van der Waals surface area (Å²) in [6.45, 7) is 2.53. The maximum Gasteiger partial charge on any atom is 0.325 e. The van der Waals surface area contributed by atoms with Crippen molar-refractivity contribution >= 4 is 23.4 Å². The summed E-state index contributed by atoms with van der Waals surface area (Å²) in [6.07, 6.45) is -3.86. The average molecular weight is 551 g/mol. The number of ketones is 2. The van der Waals surface area contributed by atoms with Crippen LogP contribution in [0.5, 0.6) is 28.7 Å². The highest BCUT2D eigenvalue weighted by Crippen LogP contribution is 2.58. The number of aliphatic hydroxyl groups excluding tert-OH is 2. The fourth-order valence-corrected chi connectivity index (χ4v) is 5.28. The van der Waals surface area contributed by atoms with Crippen molar-refractivity contribution in [3.8, 4) is 39.9 Å². The Bertz CT molecular complexity index is 1720. The number of aliphatic carboxylic acids is 1. The molecule has 0 heterocycles. The number of rotatable bonds is 3. The summed E-state index contributed by atoms with van der Waals surface area (Å²) in [4.78, 5) is 50.9. The van der Waals surface area contributed by atoms with Crippen LogP contribution in [0.1, 0.15) is 78.0 Å². The van der Waals surface area contributed by atoms with Gasteiger partial charge in [0.15, 0.2) is 5.78 Å². The molecule has 2 aliphatic rings. The van der Waals surface area contributed by atoms with Gasteiger partial charge in [0.25, 0.3) is 5.91 Å². The third-order valence-electron chi connectivity index (χ3n) is 7.15. The first-order valence-corrected chi connectivity index (χ1v) is 11.7. The maximum atomic E-state index is 13.4. The van der Waals surface area contributed by atoms with Gasteiger partial charge >= 0.3 is 5.97 Å². The molecule has 3 aromatic rings. The van der Waals surface area contributed by atoms with E-state index >= 15 is 0 Å². The second-order valence-corrected chi connectivity index (χ2v) is 9.59. The minimum absolute atomic E-state index is 0.0499. The van der Waals surface area contributed by atoms with Crippen LogP contribution in [0, 0.1) is 6.92 Å². The molecule has 0 saturated heterocycles. The molecule has 0 aromatic heterocycles. The largest absolute Gasteiger partial charge is 0.508 e. The number of nitrogens with one attached hydrogen (secondary N) is 1. The monoisotopic (exact) mass is 551 g/mol. The van der Waals surface area contributed by atoms with Crippen molar-refractivity contribution in [2.75, 3.05) is 0 Å². The van der Waals surface area contributed by atoms with E-state index < -0.39 is 115 Å². The number of phenolic OH excluding ortho intramolecular Hbond substituents is 5. The number of phenols is 5. The summed E-state index contributed by atoms with van der Waals surface area (Å²) in [5, 5.41) is 87.0. The molecule has 9 N–H and O–H groups in total. The zero-order chi connectivity index (χ0) is 29.5. The second-order valence-electron chi connectivity index (χ2n) is 9.59. The second kappa shape index (κ2) is 8.69. The lowest BCUT2D eigenvalue weighted by Gasteiger charge is -2.34. The number of carboxylic acids is 1. The number of aliphatic hydroxyl groups is 2. The van der Waals surface area contributed by atoms with Crippen LogP contribution >= 0.6 is 0 Å². The number of carbonyl (C=O) groups excluding carboxylic acids is 3. The number of fused-ring (bicyclic) bond motifs is 5. The Balaban J connectivity index is 1.84. The number of hydrogen-bond acceptors (Lipinski definition) is 11. The lowest BCUT2D eigenvalue weighted by Crippen LogP contribution is -2.38. The molecule has 3 atom stereocenters. The van der Waals surface area contributed by atoms with Crippen LogP contribution in [0.2, 0.25) is 0 Å². The van der Waals surface area contributed by atoms with Crippen molar-refractivity contribution in [1.82, 2.24) is 5.32 Å². The van der Waals surface area contributed by atoms with E-state index in [0.29, 0.717) is 0 Å². The van der Waals surface area contributed by atoms with Gasteiger partial charge < -0.3 is 46.2 Å². The number of benzene rings is 3. The van der Waals surface area contributed by atoms with Gasteiger partial charge in [0.05, 0.1) is 22.3 Å².